The van der Waals surface area contributed by atoms with E-state index in [0.717, 1.165) is 62.9 Å². The molecule has 1 heterocycles. The second kappa shape index (κ2) is 7.50. The van der Waals surface area contributed by atoms with Gasteiger partial charge in [-0.15, -0.1) is 0 Å². The maximum absolute atomic E-state index is 13.2. The van der Waals surface area contributed by atoms with Crippen molar-refractivity contribution in [1.82, 2.24) is 10.2 Å². The Kier molecular flexibility index (Phi) is 4.97. The first-order valence-corrected chi connectivity index (χ1v) is 11.3. The number of halogens is 1. The van der Waals surface area contributed by atoms with Crippen LogP contribution in [0.4, 0.5) is 4.39 Å². The monoisotopic (exact) mass is 398 g/mol. The third-order valence-corrected chi connectivity index (χ3v) is 7.98. The largest absolute Gasteiger partial charge is 0.353 e. The number of likely N-dealkylation sites (tertiary alicyclic amines) is 1. The number of hydrogen-bond acceptors (Lipinski definition) is 3. The molecule has 0 spiro atoms. The zero-order valence-electron chi connectivity index (χ0n) is 17.0. The van der Waals surface area contributed by atoms with Gasteiger partial charge in [-0.3, -0.25) is 14.5 Å². The normalized spacial score (nSPS) is 34.3. The fraction of sp³-hybridized carbons (Fsp3) is 0.667. The molecule has 1 aromatic rings. The number of nitrogens with zero attached hydrogens (tertiary/aromatic N) is 1. The average Bonchev–Trinajstić information content (AvgIpc) is 2.69. The SMILES string of the molecule is O=C(CN1CCC(NC(=O)C23CC4CC(CC(C4)C2)C3)CC1)c1ccc(F)cc1. The van der Waals surface area contributed by atoms with Gasteiger partial charge in [0, 0.05) is 30.1 Å². The second-order valence-corrected chi connectivity index (χ2v) is 10.2. The summed E-state index contributed by atoms with van der Waals surface area (Å²) in [6.07, 6.45) is 9.18. The van der Waals surface area contributed by atoms with Crippen molar-refractivity contribution >= 4 is 11.7 Å². The van der Waals surface area contributed by atoms with Gasteiger partial charge in [-0.25, -0.2) is 4.39 Å². The van der Waals surface area contributed by atoms with Crippen molar-refractivity contribution in [3.8, 4) is 0 Å². The van der Waals surface area contributed by atoms with Gasteiger partial charge in [0.2, 0.25) is 5.91 Å². The number of hydrogen-bond donors (Lipinski definition) is 1. The molecular formula is C24H31FN2O2. The van der Waals surface area contributed by atoms with Gasteiger partial charge in [-0.05, 0) is 93.4 Å². The summed E-state index contributed by atoms with van der Waals surface area (Å²) in [6, 6.07) is 6.00. The van der Waals surface area contributed by atoms with Gasteiger partial charge < -0.3 is 5.32 Å². The van der Waals surface area contributed by atoms with Gasteiger partial charge in [0.25, 0.3) is 0 Å². The fourth-order valence-corrected chi connectivity index (χ4v) is 6.89. The van der Waals surface area contributed by atoms with Gasteiger partial charge in [0.05, 0.1) is 6.54 Å². The molecule has 1 N–H and O–H groups in total. The highest BCUT2D eigenvalue weighted by Gasteiger charge is 2.54. The Balaban J connectivity index is 1.12. The summed E-state index contributed by atoms with van der Waals surface area (Å²) >= 11 is 0. The Bertz CT molecular complexity index is 747. The summed E-state index contributed by atoms with van der Waals surface area (Å²) in [5.41, 5.74) is 0.480. The van der Waals surface area contributed by atoms with E-state index >= 15 is 0 Å². The van der Waals surface area contributed by atoms with Crippen LogP contribution in [0.25, 0.3) is 0 Å². The Labute approximate surface area is 172 Å². The smallest absolute Gasteiger partial charge is 0.226 e. The van der Waals surface area contributed by atoms with Crippen LogP contribution in [-0.4, -0.2) is 42.3 Å². The zero-order chi connectivity index (χ0) is 20.0. The Hall–Kier alpha value is -1.75. The van der Waals surface area contributed by atoms with E-state index in [4.69, 9.17) is 0 Å². The van der Waals surface area contributed by atoms with E-state index < -0.39 is 0 Å². The zero-order valence-corrected chi connectivity index (χ0v) is 17.0. The van der Waals surface area contributed by atoms with E-state index in [1.165, 1.54) is 31.4 Å². The predicted octanol–water partition coefficient (Wildman–Crippen LogP) is 3.81. The molecular weight excluding hydrogens is 367 g/mol. The molecule has 5 fully saturated rings. The summed E-state index contributed by atoms with van der Waals surface area (Å²) in [5, 5.41) is 3.40. The molecule has 0 atom stereocenters. The highest BCUT2D eigenvalue weighted by Crippen LogP contribution is 2.60. The maximum Gasteiger partial charge on any atom is 0.226 e. The molecule has 5 heteroatoms. The van der Waals surface area contributed by atoms with Crippen molar-refractivity contribution in [2.45, 2.75) is 57.4 Å². The van der Waals surface area contributed by atoms with E-state index in [1.807, 2.05) is 0 Å². The number of ketones is 1. The first-order valence-electron chi connectivity index (χ1n) is 11.3. The van der Waals surface area contributed by atoms with E-state index in [9.17, 15) is 14.0 Å². The lowest BCUT2D eigenvalue weighted by molar-refractivity contribution is -0.147. The molecule has 0 unspecified atom stereocenters. The van der Waals surface area contributed by atoms with Gasteiger partial charge in [0.15, 0.2) is 5.78 Å². The third kappa shape index (κ3) is 3.86. The van der Waals surface area contributed by atoms with Crippen LogP contribution in [0.2, 0.25) is 0 Å². The first kappa shape index (κ1) is 19.2. The van der Waals surface area contributed by atoms with E-state index in [2.05, 4.69) is 10.2 Å². The van der Waals surface area contributed by atoms with Gasteiger partial charge in [-0.1, -0.05) is 0 Å². The van der Waals surface area contributed by atoms with Crippen LogP contribution in [0.3, 0.4) is 0 Å². The van der Waals surface area contributed by atoms with E-state index in [0.29, 0.717) is 18.0 Å². The highest BCUT2D eigenvalue weighted by molar-refractivity contribution is 5.97. The van der Waals surface area contributed by atoms with Crippen molar-refractivity contribution in [2.24, 2.45) is 23.2 Å². The lowest BCUT2D eigenvalue weighted by atomic mass is 9.49. The quantitative estimate of drug-likeness (QED) is 0.768. The topological polar surface area (TPSA) is 49.4 Å². The number of benzene rings is 1. The number of carbonyl (C=O) groups is 2. The van der Waals surface area contributed by atoms with Crippen molar-refractivity contribution in [3.63, 3.8) is 0 Å². The molecule has 4 aliphatic carbocycles. The molecule has 1 amide bonds. The lowest BCUT2D eigenvalue weighted by Crippen LogP contribution is -2.56. The van der Waals surface area contributed by atoms with Crippen molar-refractivity contribution in [2.75, 3.05) is 19.6 Å². The standard InChI is InChI=1S/C24H31FN2O2/c25-20-3-1-19(2-4-20)22(28)15-27-7-5-21(6-8-27)26-23(29)24-12-16-9-17(13-24)11-18(10-16)14-24/h1-4,16-18,21H,5-15H2,(H,26,29). The van der Waals surface area contributed by atoms with Crippen molar-refractivity contribution < 1.29 is 14.0 Å². The van der Waals surface area contributed by atoms with Gasteiger partial charge in [0.1, 0.15) is 5.82 Å². The molecule has 4 saturated carbocycles. The number of piperidine rings is 1. The predicted molar refractivity (Wildman–Crippen MR) is 109 cm³/mol. The highest BCUT2D eigenvalue weighted by atomic mass is 19.1. The summed E-state index contributed by atoms with van der Waals surface area (Å²) in [5.74, 6) is 2.37. The third-order valence-electron chi connectivity index (χ3n) is 7.98. The fourth-order valence-electron chi connectivity index (χ4n) is 6.89. The van der Waals surface area contributed by atoms with Crippen LogP contribution in [-0.2, 0) is 4.79 Å². The molecule has 6 rings (SSSR count). The number of rotatable bonds is 5. The summed E-state index contributed by atoms with van der Waals surface area (Å²) in [7, 11) is 0. The minimum absolute atomic E-state index is 0.0288. The molecule has 1 saturated heterocycles. The molecule has 0 aromatic heterocycles. The molecule has 1 aliphatic heterocycles. The van der Waals surface area contributed by atoms with E-state index in [1.54, 1.807) is 12.1 Å². The van der Waals surface area contributed by atoms with E-state index in [-0.39, 0.29) is 23.1 Å². The minimum Gasteiger partial charge on any atom is -0.353 e. The molecule has 29 heavy (non-hydrogen) atoms. The summed E-state index contributed by atoms with van der Waals surface area (Å²) < 4.78 is 13.0. The van der Waals surface area contributed by atoms with Crippen LogP contribution in [0.15, 0.2) is 24.3 Å². The second-order valence-electron chi connectivity index (χ2n) is 10.2. The maximum atomic E-state index is 13.2. The van der Waals surface area contributed by atoms with Crippen LogP contribution < -0.4 is 5.32 Å². The number of carbonyl (C=O) groups excluding carboxylic acids is 2. The van der Waals surface area contributed by atoms with Gasteiger partial charge in [-0.2, -0.15) is 0 Å². The Morgan fingerprint density at radius 1 is 0.966 bits per heavy atom. The number of Topliss-reactive ketones (excluding diaryl/α,β-unsaturated/α-hetero) is 1. The average molecular weight is 399 g/mol. The van der Waals surface area contributed by atoms with Crippen molar-refractivity contribution in [1.29, 1.82) is 0 Å². The summed E-state index contributed by atoms with van der Waals surface area (Å²) in [6.45, 7) is 2.00. The van der Waals surface area contributed by atoms with Gasteiger partial charge >= 0.3 is 0 Å². The lowest BCUT2D eigenvalue weighted by Gasteiger charge is -2.56. The van der Waals surface area contributed by atoms with Crippen LogP contribution >= 0.6 is 0 Å². The molecule has 0 radical (unpaired) electrons. The van der Waals surface area contributed by atoms with Crippen molar-refractivity contribution in [3.05, 3.63) is 35.6 Å². The molecule has 4 bridgehead atoms. The minimum atomic E-state index is -0.322. The summed E-state index contributed by atoms with van der Waals surface area (Å²) in [4.78, 5) is 27.8. The van der Waals surface area contributed by atoms with Crippen LogP contribution in [0.5, 0.6) is 0 Å². The molecule has 1 aromatic carbocycles. The first-order chi connectivity index (χ1) is 14.0. The Morgan fingerprint density at radius 3 is 2.07 bits per heavy atom. The molecule has 5 aliphatic rings. The number of amides is 1. The van der Waals surface area contributed by atoms with Crippen LogP contribution in [0.1, 0.15) is 61.7 Å². The van der Waals surface area contributed by atoms with Crippen LogP contribution in [0, 0.1) is 29.0 Å². The number of nitrogens with one attached hydrogen (secondary N) is 1. The molecule has 4 nitrogen and oxygen atoms in total. The molecule has 156 valence electrons. The Morgan fingerprint density at radius 2 is 1.52 bits per heavy atom.